The van der Waals surface area contributed by atoms with Gasteiger partial charge in [0.2, 0.25) is 0 Å². The molecule has 2 aliphatic rings. The fraction of sp³-hybridized carbons (Fsp3) is 0.650. The van der Waals surface area contributed by atoms with Crippen molar-refractivity contribution >= 4 is 16.1 Å². The van der Waals surface area contributed by atoms with Gasteiger partial charge in [0.25, 0.3) is 0 Å². The molecule has 1 saturated heterocycles. The van der Waals surface area contributed by atoms with Crippen LogP contribution in [0.2, 0.25) is 0 Å². The third-order valence-electron chi connectivity index (χ3n) is 5.91. The second-order valence-corrected chi connectivity index (χ2v) is 10.1. The van der Waals surface area contributed by atoms with E-state index < -0.39 is 15.5 Å². The predicted molar refractivity (Wildman–Crippen MR) is 107 cm³/mol. The molecule has 10 heteroatoms. The Kier molecular flexibility index (Phi) is 6.96. The number of benzene rings is 1. The van der Waals surface area contributed by atoms with Crippen LogP contribution >= 0.6 is 0 Å². The molecule has 0 spiro atoms. The molecule has 168 valence electrons. The zero-order valence-corrected chi connectivity index (χ0v) is 17.8. The summed E-state index contributed by atoms with van der Waals surface area (Å²) in [6.45, 7) is 2.60. The van der Waals surface area contributed by atoms with Crippen molar-refractivity contribution in [3.8, 4) is 0 Å². The van der Waals surface area contributed by atoms with Crippen LogP contribution in [0.1, 0.15) is 44.2 Å². The van der Waals surface area contributed by atoms with E-state index in [0.717, 1.165) is 18.4 Å². The van der Waals surface area contributed by atoms with E-state index in [4.69, 9.17) is 0 Å². The molecule has 1 heterocycles. The van der Waals surface area contributed by atoms with Crippen LogP contribution in [-0.4, -0.2) is 55.3 Å². The SMILES string of the molecule is CC(c1ccccc1)N(CC1CC1)C(=O)NCC1CCN(S(=O)(=O)C(F)(F)F)CC1. The lowest BCUT2D eigenvalue weighted by Crippen LogP contribution is -2.48. The van der Waals surface area contributed by atoms with Gasteiger partial charge in [0, 0.05) is 26.2 Å². The predicted octanol–water partition coefficient (Wildman–Crippen LogP) is 3.73. The number of alkyl halides is 3. The average molecular weight is 448 g/mol. The normalized spacial score (nSPS) is 20.0. The molecule has 0 radical (unpaired) electrons. The summed E-state index contributed by atoms with van der Waals surface area (Å²) >= 11 is 0. The summed E-state index contributed by atoms with van der Waals surface area (Å²) in [5.41, 5.74) is -4.23. The number of rotatable bonds is 7. The Morgan fingerprint density at radius 1 is 1.13 bits per heavy atom. The summed E-state index contributed by atoms with van der Waals surface area (Å²) in [4.78, 5) is 14.7. The van der Waals surface area contributed by atoms with Gasteiger partial charge in [0.1, 0.15) is 0 Å². The van der Waals surface area contributed by atoms with Gasteiger partial charge in [-0.15, -0.1) is 0 Å². The lowest BCUT2D eigenvalue weighted by atomic mass is 9.98. The van der Waals surface area contributed by atoms with Crippen LogP contribution in [-0.2, 0) is 10.0 Å². The number of amides is 2. The molecule has 0 aromatic heterocycles. The molecule has 1 atom stereocenters. The van der Waals surface area contributed by atoms with Gasteiger partial charge < -0.3 is 10.2 Å². The summed E-state index contributed by atoms with van der Waals surface area (Å²) in [6.07, 6.45) is 2.79. The molecule has 30 heavy (non-hydrogen) atoms. The number of nitrogens with one attached hydrogen (secondary N) is 1. The van der Waals surface area contributed by atoms with Crippen LogP contribution < -0.4 is 5.32 Å². The van der Waals surface area contributed by atoms with Crippen molar-refractivity contribution in [2.45, 2.75) is 44.2 Å². The van der Waals surface area contributed by atoms with E-state index in [9.17, 15) is 26.4 Å². The minimum Gasteiger partial charge on any atom is -0.338 e. The van der Waals surface area contributed by atoms with E-state index in [-0.39, 0.29) is 43.9 Å². The minimum atomic E-state index is -5.28. The van der Waals surface area contributed by atoms with E-state index in [2.05, 4.69) is 5.32 Å². The van der Waals surface area contributed by atoms with E-state index in [1.54, 1.807) is 0 Å². The van der Waals surface area contributed by atoms with E-state index in [1.807, 2.05) is 42.2 Å². The Labute approximate surface area is 175 Å². The van der Waals surface area contributed by atoms with Crippen LogP contribution in [0.5, 0.6) is 0 Å². The molecular formula is C20H28F3N3O3S. The number of sulfonamides is 1. The molecule has 6 nitrogen and oxygen atoms in total. The van der Waals surface area contributed by atoms with Crippen molar-refractivity contribution in [3.63, 3.8) is 0 Å². The highest BCUT2D eigenvalue weighted by Gasteiger charge is 2.50. The lowest BCUT2D eigenvalue weighted by Gasteiger charge is -2.33. The molecule has 1 aromatic rings. The first-order valence-electron chi connectivity index (χ1n) is 10.3. The first-order chi connectivity index (χ1) is 14.1. The van der Waals surface area contributed by atoms with E-state index in [0.29, 0.717) is 23.3 Å². The molecule has 3 rings (SSSR count). The molecule has 0 bridgehead atoms. The molecule has 1 aromatic carbocycles. The molecule has 1 aliphatic carbocycles. The summed E-state index contributed by atoms with van der Waals surface area (Å²) in [7, 11) is -5.28. The zero-order chi connectivity index (χ0) is 21.9. The molecule has 1 aliphatic heterocycles. The highest BCUT2D eigenvalue weighted by atomic mass is 32.2. The van der Waals surface area contributed by atoms with Crippen LogP contribution in [0.15, 0.2) is 30.3 Å². The topological polar surface area (TPSA) is 69.7 Å². The Bertz CT molecular complexity index is 821. The molecule has 1 unspecified atom stereocenters. The van der Waals surface area contributed by atoms with Gasteiger partial charge in [0.05, 0.1) is 6.04 Å². The first kappa shape index (κ1) is 22.9. The maximum absolute atomic E-state index is 12.9. The van der Waals surface area contributed by atoms with Crippen LogP contribution in [0, 0.1) is 11.8 Å². The minimum absolute atomic E-state index is 0.0524. The highest BCUT2D eigenvalue weighted by molar-refractivity contribution is 7.90. The summed E-state index contributed by atoms with van der Waals surface area (Å²) < 4.78 is 61.6. The number of nitrogens with zero attached hydrogens (tertiary/aromatic N) is 2. The number of hydrogen-bond donors (Lipinski definition) is 1. The zero-order valence-electron chi connectivity index (χ0n) is 16.9. The van der Waals surface area contributed by atoms with Crippen molar-refractivity contribution in [3.05, 3.63) is 35.9 Å². The van der Waals surface area contributed by atoms with Crippen LogP contribution in [0.3, 0.4) is 0 Å². The molecule has 2 amide bonds. The smallest absolute Gasteiger partial charge is 0.338 e. The second-order valence-electron chi connectivity index (χ2n) is 8.16. The third-order valence-corrected chi connectivity index (χ3v) is 7.54. The number of carbonyl (C=O) groups excluding carboxylic acids is 1. The molecular weight excluding hydrogens is 419 g/mol. The maximum atomic E-state index is 12.9. The molecule has 1 saturated carbocycles. The van der Waals surface area contributed by atoms with E-state index in [1.165, 1.54) is 0 Å². The van der Waals surface area contributed by atoms with Gasteiger partial charge in [-0.1, -0.05) is 30.3 Å². The standard InChI is InChI=1S/C20H28F3N3O3S/c1-15(18-5-3-2-4-6-18)26(14-17-7-8-17)19(27)24-13-16-9-11-25(12-10-16)30(28,29)20(21,22)23/h2-6,15-17H,7-14H2,1H3,(H,24,27). The summed E-state index contributed by atoms with van der Waals surface area (Å²) in [5, 5.41) is 2.92. The van der Waals surface area contributed by atoms with Gasteiger partial charge in [0.15, 0.2) is 0 Å². The largest absolute Gasteiger partial charge is 0.511 e. The van der Waals surface area contributed by atoms with Crippen molar-refractivity contribution in [1.29, 1.82) is 0 Å². The summed E-state index contributed by atoms with van der Waals surface area (Å²) in [5.74, 6) is 0.459. The van der Waals surface area contributed by atoms with Crippen molar-refractivity contribution in [2.75, 3.05) is 26.2 Å². The third kappa shape index (κ3) is 5.46. The molecule has 1 N–H and O–H groups in total. The number of urea groups is 1. The van der Waals surface area contributed by atoms with Crippen LogP contribution in [0.4, 0.5) is 18.0 Å². The summed E-state index contributed by atoms with van der Waals surface area (Å²) in [6, 6.07) is 9.47. The van der Waals surface area contributed by atoms with Crippen molar-refractivity contribution < 1.29 is 26.4 Å². The van der Waals surface area contributed by atoms with Gasteiger partial charge in [-0.25, -0.2) is 13.2 Å². The Hall–Kier alpha value is -1.81. The second kappa shape index (κ2) is 9.13. The number of piperidine rings is 1. The Balaban J connectivity index is 1.53. The Morgan fingerprint density at radius 2 is 1.73 bits per heavy atom. The fourth-order valence-electron chi connectivity index (χ4n) is 3.74. The van der Waals surface area contributed by atoms with Crippen molar-refractivity contribution in [2.24, 2.45) is 11.8 Å². The number of hydrogen-bond acceptors (Lipinski definition) is 3. The fourth-order valence-corrected chi connectivity index (χ4v) is 4.72. The van der Waals surface area contributed by atoms with Gasteiger partial charge in [-0.05, 0) is 50.0 Å². The highest BCUT2D eigenvalue weighted by Crippen LogP contribution is 2.33. The Morgan fingerprint density at radius 3 is 2.27 bits per heavy atom. The average Bonchev–Trinajstić information content (AvgIpc) is 3.54. The van der Waals surface area contributed by atoms with Gasteiger partial charge in [-0.2, -0.15) is 17.5 Å². The molecule has 2 fully saturated rings. The van der Waals surface area contributed by atoms with Crippen LogP contribution in [0.25, 0.3) is 0 Å². The number of carbonyl (C=O) groups is 1. The number of halogens is 3. The monoisotopic (exact) mass is 447 g/mol. The maximum Gasteiger partial charge on any atom is 0.511 e. The first-order valence-corrected chi connectivity index (χ1v) is 11.7. The van der Waals surface area contributed by atoms with E-state index >= 15 is 0 Å². The van der Waals surface area contributed by atoms with Crippen molar-refractivity contribution in [1.82, 2.24) is 14.5 Å². The van der Waals surface area contributed by atoms with Gasteiger partial charge >= 0.3 is 21.6 Å². The van der Waals surface area contributed by atoms with Gasteiger partial charge in [-0.3, -0.25) is 0 Å². The quantitative estimate of drug-likeness (QED) is 0.693. The lowest BCUT2D eigenvalue weighted by molar-refractivity contribution is -0.0496.